The van der Waals surface area contributed by atoms with Crippen molar-refractivity contribution in [3.05, 3.63) is 53.0 Å². The summed E-state index contributed by atoms with van der Waals surface area (Å²) in [5.74, 6) is 0.290. The van der Waals surface area contributed by atoms with E-state index >= 15 is 0 Å². The van der Waals surface area contributed by atoms with Gasteiger partial charge in [-0.05, 0) is 30.3 Å². The lowest BCUT2D eigenvalue weighted by Gasteiger charge is -2.35. The molecule has 12 heteroatoms. The molecule has 0 unspecified atom stereocenters. The molecule has 0 saturated carbocycles. The SMILES string of the molecule is CS(=O)(=O)N1CCN(c2ccccc2NC(=O)CSc2nnc(-c3cccc(Br)c3)o2)CC1. The number of rotatable bonds is 7. The van der Waals surface area contributed by atoms with Crippen LogP contribution in [0.25, 0.3) is 11.5 Å². The number of halogens is 1. The molecular formula is C21H22BrN5O4S2. The van der Waals surface area contributed by atoms with Crippen LogP contribution < -0.4 is 10.2 Å². The van der Waals surface area contributed by atoms with Crippen LogP contribution in [0.1, 0.15) is 0 Å². The number of sulfonamides is 1. The molecule has 2 aromatic carbocycles. The van der Waals surface area contributed by atoms with Crippen LogP contribution in [0.4, 0.5) is 11.4 Å². The summed E-state index contributed by atoms with van der Waals surface area (Å²) in [5.41, 5.74) is 2.33. The van der Waals surface area contributed by atoms with Gasteiger partial charge in [-0.2, -0.15) is 4.31 Å². The first-order chi connectivity index (χ1) is 15.8. The number of thioether (sulfide) groups is 1. The fraction of sp³-hybridized carbons (Fsp3) is 0.286. The maximum Gasteiger partial charge on any atom is 0.277 e. The third-order valence-corrected chi connectivity index (χ3v) is 7.65. The molecule has 0 spiro atoms. The summed E-state index contributed by atoms with van der Waals surface area (Å²) in [6, 6.07) is 15.0. The molecule has 1 aliphatic heterocycles. The molecule has 1 saturated heterocycles. The summed E-state index contributed by atoms with van der Waals surface area (Å²) in [7, 11) is -3.20. The van der Waals surface area contributed by atoms with Gasteiger partial charge in [0.2, 0.25) is 21.8 Å². The minimum absolute atomic E-state index is 0.107. The Morgan fingerprint density at radius 1 is 1.12 bits per heavy atom. The van der Waals surface area contributed by atoms with Crippen molar-refractivity contribution in [3.63, 3.8) is 0 Å². The molecule has 4 rings (SSSR count). The van der Waals surface area contributed by atoms with Crippen molar-refractivity contribution in [2.45, 2.75) is 5.22 Å². The predicted molar refractivity (Wildman–Crippen MR) is 132 cm³/mol. The van der Waals surface area contributed by atoms with E-state index in [0.717, 1.165) is 27.5 Å². The molecule has 1 N–H and O–H groups in total. The van der Waals surface area contributed by atoms with Crippen molar-refractivity contribution in [1.82, 2.24) is 14.5 Å². The zero-order valence-electron chi connectivity index (χ0n) is 17.8. The molecule has 0 radical (unpaired) electrons. The molecule has 0 atom stereocenters. The van der Waals surface area contributed by atoms with E-state index in [1.807, 2.05) is 48.5 Å². The topological polar surface area (TPSA) is 109 Å². The lowest BCUT2D eigenvalue weighted by molar-refractivity contribution is -0.113. The van der Waals surface area contributed by atoms with Crippen molar-refractivity contribution in [2.24, 2.45) is 0 Å². The van der Waals surface area contributed by atoms with E-state index in [-0.39, 0.29) is 11.7 Å². The second kappa shape index (κ2) is 10.2. The van der Waals surface area contributed by atoms with Crippen LogP contribution in [0.15, 0.2) is 62.6 Å². The quantitative estimate of drug-likeness (QED) is 0.445. The molecular weight excluding hydrogens is 530 g/mol. The summed E-state index contributed by atoms with van der Waals surface area (Å²) in [5, 5.41) is 11.3. The van der Waals surface area contributed by atoms with Crippen LogP contribution in [0.5, 0.6) is 0 Å². The molecule has 0 bridgehead atoms. The average Bonchev–Trinajstić information content (AvgIpc) is 3.27. The van der Waals surface area contributed by atoms with Gasteiger partial charge in [-0.1, -0.05) is 45.9 Å². The van der Waals surface area contributed by atoms with Gasteiger partial charge in [0.25, 0.3) is 5.22 Å². The number of carbonyl (C=O) groups excluding carboxylic acids is 1. The van der Waals surface area contributed by atoms with Gasteiger partial charge in [-0.3, -0.25) is 4.79 Å². The molecule has 1 aromatic heterocycles. The molecule has 3 aromatic rings. The standard InChI is InChI=1S/C21H22BrN5O4S2/c1-33(29,30)27-11-9-26(10-12-27)18-8-3-2-7-17(18)23-19(28)14-32-21-25-24-20(31-21)15-5-4-6-16(22)13-15/h2-8,13H,9-12,14H2,1H3,(H,23,28). The minimum Gasteiger partial charge on any atom is -0.411 e. The largest absolute Gasteiger partial charge is 0.411 e. The van der Waals surface area contributed by atoms with Crippen LogP contribution in [0, 0.1) is 0 Å². The normalized spacial score (nSPS) is 14.9. The summed E-state index contributed by atoms with van der Waals surface area (Å²) < 4.78 is 31.5. The van der Waals surface area contributed by atoms with Gasteiger partial charge in [0, 0.05) is 36.2 Å². The smallest absolute Gasteiger partial charge is 0.277 e. The highest BCUT2D eigenvalue weighted by atomic mass is 79.9. The summed E-state index contributed by atoms with van der Waals surface area (Å²) in [6.07, 6.45) is 1.22. The molecule has 174 valence electrons. The fourth-order valence-corrected chi connectivity index (χ4v) is 5.22. The first-order valence-electron chi connectivity index (χ1n) is 10.1. The zero-order chi connectivity index (χ0) is 23.4. The number of aromatic nitrogens is 2. The number of carbonyl (C=O) groups is 1. The lowest BCUT2D eigenvalue weighted by Crippen LogP contribution is -2.48. The van der Waals surface area contributed by atoms with Gasteiger partial charge >= 0.3 is 0 Å². The third kappa shape index (κ3) is 6.14. The van der Waals surface area contributed by atoms with Crippen molar-refractivity contribution in [3.8, 4) is 11.5 Å². The van der Waals surface area contributed by atoms with Gasteiger partial charge in [-0.15, -0.1) is 10.2 Å². The highest BCUT2D eigenvalue weighted by molar-refractivity contribution is 9.10. The summed E-state index contributed by atoms with van der Waals surface area (Å²) in [4.78, 5) is 14.7. The number of nitrogens with one attached hydrogen (secondary N) is 1. The predicted octanol–water partition coefficient (Wildman–Crippen LogP) is 3.31. The van der Waals surface area contributed by atoms with Gasteiger partial charge in [0.05, 0.1) is 23.4 Å². The van der Waals surface area contributed by atoms with Gasteiger partial charge < -0.3 is 14.6 Å². The number of nitrogens with zero attached hydrogens (tertiary/aromatic N) is 4. The Bertz CT molecular complexity index is 1240. The Balaban J connectivity index is 1.35. The van der Waals surface area contributed by atoms with Crippen LogP contribution in [-0.4, -0.2) is 67.0 Å². The number of hydrogen-bond donors (Lipinski definition) is 1. The Kier molecular flexibility index (Phi) is 7.37. The van der Waals surface area contributed by atoms with Gasteiger partial charge in [-0.25, -0.2) is 8.42 Å². The highest BCUT2D eigenvalue weighted by Crippen LogP contribution is 2.28. The van der Waals surface area contributed by atoms with E-state index in [9.17, 15) is 13.2 Å². The second-order valence-corrected chi connectivity index (χ2v) is 11.2. The number of piperazine rings is 1. The van der Waals surface area contributed by atoms with E-state index in [1.165, 1.54) is 10.6 Å². The van der Waals surface area contributed by atoms with Crippen molar-refractivity contribution in [2.75, 3.05) is 48.4 Å². The zero-order valence-corrected chi connectivity index (χ0v) is 21.0. The monoisotopic (exact) mass is 551 g/mol. The Morgan fingerprint density at radius 3 is 2.61 bits per heavy atom. The van der Waals surface area contributed by atoms with Crippen molar-refractivity contribution in [1.29, 1.82) is 0 Å². The second-order valence-electron chi connectivity index (χ2n) is 7.39. The molecule has 1 fully saturated rings. The number of anilines is 2. The molecule has 9 nitrogen and oxygen atoms in total. The maximum absolute atomic E-state index is 12.6. The number of para-hydroxylation sites is 2. The molecule has 1 aliphatic rings. The van der Waals surface area contributed by atoms with Crippen molar-refractivity contribution >= 4 is 55.0 Å². The first kappa shape index (κ1) is 23.7. The molecule has 33 heavy (non-hydrogen) atoms. The number of hydrogen-bond acceptors (Lipinski definition) is 8. The van der Waals surface area contributed by atoms with E-state index in [1.54, 1.807) is 0 Å². The van der Waals surface area contributed by atoms with E-state index in [0.29, 0.717) is 43.0 Å². The van der Waals surface area contributed by atoms with Crippen LogP contribution in [0.3, 0.4) is 0 Å². The Labute approximate surface area is 204 Å². The summed E-state index contributed by atoms with van der Waals surface area (Å²) in [6.45, 7) is 1.92. The van der Waals surface area contributed by atoms with Crippen LogP contribution in [0.2, 0.25) is 0 Å². The maximum atomic E-state index is 12.6. The fourth-order valence-electron chi connectivity index (χ4n) is 3.44. The average molecular weight is 552 g/mol. The Hall–Kier alpha value is -2.41. The van der Waals surface area contributed by atoms with Crippen LogP contribution >= 0.6 is 27.7 Å². The minimum atomic E-state index is -3.20. The first-order valence-corrected chi connectivity index (χ1v) is 13.7. The number of benzene rings is 2. The highest BCUT2D eigenvalue weighted by Gasteiger charge is 2.25. The van der Waals surface area contributed by atoms with E-state index < -0.39 is 10.0 Å². The van der Waals surface area contributed by atoms with Gasteiger partial charge in [0.15, 0.2) is 0 Å². The third-order valence-electron chi connectivity index (χ3n) is 5.03. The number of amides is 1. The molecule has 1 amide bonds. The Morgan fingerprint density at radius 2 is 1.88 bits per heavy atom. The van der Waals surface area contributed by atoms with Crippen molar-refractivity contribution < 1.29 is 17.6 Å². The van der Waals surface area contributed by atoms with E-state index in [4.69, 9.17) is 4.42 Å². The lowest BCUT2D eigenvalue weighted by atomic mass is 10.2. The summed E-state index contributed by atoms with van der Waals surface area (Å²) >= 11 is 4.57. The molecule has 0 aliphatic carbocycles. The van der Waals surface area contributed by atoms with E-state index in [2.05, 4.69) is 36.3 Å². The molecule has 2 heterocycles. The van der Waals surface area contributed by atoms with Gasteiger partial charge in [0.1, 0.15) is 0 Å². The van der Waals surface area contributed by atoms with Crippen LogP contribution in [-0.2, 0) is 14.8 Å².